The number of rotatable bonds is 7. The number of hydrogen-bond acceptors (Lipinski definition) is 3. The SMILES string of the molecule is C.CC(C)[N+](CCOC(=O)C1c2ccccc2Oc2ccccc21)(c1ccccc1)C(C)C. The average Bonchev–Trinajstić information content (AvgIpc) is 2.80. The first kappa shape index (κ1) is 24.5. The van der Waals surface area contributed by atoms with Gasteiger partial charge in [0.15, 0.2) is 0 Å². The van der Waals surface area contributed by atoms with E-state index in [1.54, 1.807) is 0 Å². The smallest absolute Gasteiger partial charge is 0.318 e. The van der Waals surface area contributed by atoms with Crippen LogP contribution in [0.1, 0.15) is 52.2 Å². The zero-order valence-electron chi connectivity index (χ0n) is 19.3. The largest absolute Gasteiger partial charge is 0.459 e. The lowest BCUT2D eigenvalue weighted by Crippen LogP contribution is -2.60. The first-order valence-corrected chi connectivity index (χ1v) is 11.4. The molecule has 1 heterocycles. The first-order chi connectivity index (χ1) is 15.4. The van der Waals surface area contributed by atoms with Crippen LogP contribution in [0.2, 0.25) is 0 Å². The fraction of sp³-hybridized carbons (Fsp3) is 0.345. The molecule has 4 rings (SSSR count). The maximum atomic E-state index is 13.4. The molecule has 0 atom stereocenters. The molecule has 0 unspecified atom stereocenters. The van der Waals surface area contributed by atoms with Crippen molar-refractivity contribution in [3.8, 4) is 11.5 Å². The lowest BCUT2D eigenvalue weighted by Gasteiger charge is -2.45. The highest BCUT2D eigenvalue weighted by Crippen LogP contribution is 2.44. The molecule has 1 aliphatic heterocycles. The fourth-order valence-electron chi connectivity index (χ4n) is 5.09. The molecule has 3 aromatic carbocycles. The maximum Gasteiger partial charge on any atom is 0.318 e. The molecule has 0 aliphatic carbocycles. The zero-order chi connectivity index (χ0) is 22.7. The number of nitrogens with zero attached hydrogens (tertiary/aromatic N) is 1. The van der Waals surface area contributed by atoms with Gasteiger partial charge in [-0.05, 0) is 52.0 Å². The molecule has 0 fully saturated rings. The van der Waals surface area contributed by atoms with Gasteiger partial charge in [0.05, 0.1) is 12.1 Å². The van der Waals surface area contributed by atoms with Crippen LogP contribution >= 0.6 is 0 Å². The predicted octanol–water partition coefficient (Wildman–Crippen LogP) is 6.93. The van der Waals surface area contributed by atoms with Crippen molar-refractivity contribution in [1.82, 2.24) is 4.48 Å². The van der Waals surface area contributed by atoms with Gasteiger partial charge in [-0.1, -0.05) is 62.0 Å². The summed E-state index contributed by atoms with van der Waals surface area (Å²) in [5.41, 5.74) is 2.95. The molecule has 1 aliphatic rings. The molecule has 174 valence electrons. The summed E-state index contributed by atoms with van der Waals surface area (Å²) >= 11 is 0. The summed E-state index contributed by atoms with van der Waals surface area (Å²) in [6.45, 7) is 10.0. The van der Waals surface area contributed by atoms with Gasteiger partial charge in [-0.25, -0.2) is 0 Å². The summed E-state index contributed by atoms with van der Waals surface area (Å²) < 4.78 is 12.7. The number of esters is 1. The molecule has 0 spiro atoms. The molecule has 0 bridgehead atoms. The van der Waals surface area contributed by atoms with E-state index in [0.717, 1.165) is 22.2 Å². The summed E-state index contributed by atoms with van der Waals surface area (Å²) in [7, 11) is 0. The molecule has 33 heavy (non-hydrogen) atoms. The van der Waals surface area contributed by atoms with Gasteiger partial charge in [0.25, 0.3) is 0 Å². The van der Waals surface area contributed by atoms with Crippen LogP contribution in [-0.2, 0) is 9.53 Å². The van der Waals surface area contributed by atoms with Gasteiger partial charge in [-0.2, -0.15) is 0 Å². The number of quaternary nitrogens is 1. The molecular formula is C29H36NO3+. The van der Waals surface area contributed by atoms with E-state index in [1.807, 2.05) is 54.6 Å². The van der Waals surface area contributed by atoms with E-state index in [0.29, 0.717) is 30.2 Å². The van der Waals surface area contributed by atoms with Crippen LogP contribution in [0.15, 0.2) is 78.9 Å². The van der Waals surface area contributed by atoms with E-state index < -0.39 is 5.92 Å². The van der Waals surface area contributed by atoms with Crippen molar-refractivity contribution in [2.45, 2.75) is 53.1 Å². The Labute approximate surface area is 198 Å². The van der Waals surface area contributed by atoms with Crippen LogP contribution in [0.25, 0.3) is 0 Å². The van der Waals surface area contributed by atoms with Crippen LogP contribution in [-0.4, -0.2) is 31.2 Å². The molecule has 0 saturated heterocycles. The maximum absolute atomic E-state index is 13.4. The lowest BCUT2D eigenvalue weighted by molar-refractivity contribution is -0.145. The van der Waals surface area contributed by atoms with Gasteiger partial charge in [0, 0.05) is 11.1 Å². The van der Waals surface area contributed by atoms with Gasteiger partial charge in [-0.15, -0.1) is 0 Å². The summed E-state index contributed by atoms with van der Waals surface area (Å²) in [5, 5.41) is 0. The molecule has 0 N–H and O–H groups in total. The highest BCUT2D eigenvalue weighted by molar-refractivity contribution is 5.85. The standard InChI is InChI=1S/C28H32NO3.CH4/c1-20(2)29(21(3)4,22-12-6-5-7-13-22)18-19-31-28(30)27-23-14-8-10-16-25(23)32-26-17-11-9-15-24(26)27;/h5-17,20-21,27H,18-19H2,1-4H3;1H4/q+1;. The van der Waals surface area contributed by atoms with E-state index in [4.69, 9.17) is 9.47 Å². The quantitative estimate of drug-likeness (QED) is 0.292. The Balaban J connectivity index is 0.00000306. The van der Waals surface area contributed by atoms with E-state index in [2.05, 4.69) is 52.0 Å². The lowest BCUT2D eigenvalue weighted by atomic mass is 9.88. The normalized spacial score (nSPS) is 13.0. The minimum atomic E-state index is -0.479. The second kappa shape index (κ2) is 10.2. The van der Waals surface area contributed by atoms with Crippen LogP contribution < -0.4 is 9.22 Å². The Bertz CT molecular complexity index is 1020. The topological polar surface area (TPSA) is 35.5 Å². The zero-order valence-corrected chi connectivity index (χ0v) is 19.3. The van der Waals surface area contributed by atoms with Crippen molar-refractivity contribution in [2.75, 3.05) is 13.2 Å². The summed E-state index contributed by atoms with van der Waals surface area (Å²) in [6.07, 6.45) is 0. The van der Waals surface area contributed by atoms with E-state index in [9.17, 15) is 4.79 Å². The Morgan fingerprint density at radius 3 is 1.82 bits per heavy atom. The number of ether oxygens (including phenoxy) is 2. The Kier molecular flexibility index (Phi) is 7.60. The first-order valence-electron chi connectivity index (χ1n) is 11.4. The van der Waals surface area contributed by atoms with Crippen molar-refractivity contribution >= 4 is 11.7 Å². The van der Waals surface area contributed by atoms with Crippen molar-refractivity contribution in [1.29, 1.82) is 0 Å². The van der Waals surface area contributed by atoms with Crippen LogP contribution in [0.4, 0.5) is 5.69 Å². The molecule has 4 heteroatoms. The predicted molar refractivity (Wildman–Crippen MR) is 136 cm³/mol. The molecule has 0 amide bonds. The van der Waals surface area contributed by atoms with Crippen molar-refractivity contribution in [3.63, 3.8) is 0 Å². The second-order valence-electron chi connectivity index (χ2n) is 8.96. The van der Waals surface area contributed by atoms with Crippen molar-refractivity contribution in [3.05, 3.63) is 90.0 Å². The van der Waals surface area contributed by atoms with E-state index >= 15 is 0 Å². The van der Waals surface area contributed by atoms with Crippen LogP contribution in [0, 0.1) is 0 Å². The minimum Gasteiger partial charge on any atom is -0.459 e. The molecule has 4 nitrogen and oxygen atoms in total. The number of benzene rings is 3. The number of para-hydroxylation sites is 3. The third-order valence-corrected chi connectivity index (χ3v) is 6.70. The van der Waals surface area contributed by atoms with Gasteiger partial charge in [0.2, 0.25) is 0 Å². The van der Waals surface area contributed by atoms with E-state index in [-0.39, 0.29) is 13.4 Å². The summed E-state index contributed by atoms with van der Waals surface area (Å²) in [5.74, 6) is 0.721. The Hall–Kier alpha value is -3.11. The van der Waals surface area contributed by atoms with Crippen molar-refractivity contribution < 1.29 is 14.3 Å². The number of hydrogen-bond donors (Lipinski definition) is 0. The molecule has 0 saturated carbocycles. The summed E-state index contributed by atoms with van der Waals surface area (Å²) in [6, 6.07) is 26.7. The third kappa shape index (κ3) is 4.53. The Morgan fingerprint density at radius 2 is 1.30 bits per heavy atom. The number of fused-ring (bicyclic) bond motifs is 2. The van der Waals surface area contributed by atoms with Crippen LogP contribution in [0.3, 0.4) is 0 Å². The van der Waals surface area contributed by atoms with Gasteiger partial charge in [-0.3, -0.25) is 9.28 Å². The number of carbonyl (C=O) groups is 1. The van der Waals surface area contributed by atoms with Crippen LogP contribution in [0.5, 0.6) is 11.5 Å². The highest BCUT2D eigenvalue weighted by Gasteiger charge is 2.38. The second-order valence-corrected chi connectivity index (χ2v) is 8.96. The van der Waals surface area contributed by atoms with Crippen molar-refractivity contribution in [2.24, 2.45) is 0 Å². The highest BCUT2D eigenvalue weighted by atomic mass is 16.5. The Morgan fingerprint density at radius 1 is 0.818 bits per heavy atom. The van der Waals surface area contributed by atoms with E-state index in [1.165, 1.54) is 5.69 Å². The molecule has 0 radical (unpaired) electrons. The van der Waals surface area contributed by atoms with Gasteiger partial charge >= 0.3 is 5.97 Å². The molecule has 0 aromatic heterocycles. The summed E-state index contributed by atoms with van der Waals surface area (Å²) in [4.78, 5) is 13.4. The monoisotopic (exact) mass is 446 g/mol. The van der Waals surface area contributed by atoms with Gasteiger partial charge in [0.1, 0.15) is 36.3 Å². The molecule has 3 aromatic rings. The van der Waals surface area contributed by atoms with Gasteiger partial charge < -0.3 is 9.47 Å². The molecular weight excluding hydrogens is 410 g/mol. The minimum absolute atomic E-state index is 0. The average molecular weight is 447 g/mol. The third-order valence-electron chi connectivity index (χ3n) is 6.70. The number of carbonyl (C=O) groups excluding carboxylic acids is 1. The fourth-order valence-corrected chi connectivity index (χ4v) is 5.09.